The van der Waals surface area contributed by atoms with E-state index in [-0.39, 0.29) is 5.88 Å². The maximum absolute atomic E-state index is 10.4. The van der Waals surface area contributed by atoms with Crippen molar-refractivity contribution in [1.82, 2.24) is 5.32 Å². The second kappa shape index (κ2) is 5.31. The predicted octanol–water partition coefficient (Wildman–Crippen LogP) is 2.20. The Balaban J connectivity index is 2.66. The van der Waals surface area contributed by atoms with E-state index in [1.165, 1.54) is 6.07 Å². The fourth-order valence-electron chi connectivity index (χ4n) is 1.13. The molecule has 82 valence electrons. The number of nitrogens with zero attached hydrogens (tertiary/aromatic N) is 1. The van der Waals surface area contributed by atoms with Gasteiger partial charge in [0.2, 0.25) is 0 Å². The molecule has 0 aliphatic rings. The molecule has 5 nitrogen and oxygen atoms in total. The molecule has 0 spiro atoms. The van der Waals surface area contributed by atoms with Gasteiger partial charge in [0.05, 0.1) is 6.07 Å². The Hall–Kier alpha value is -1.62. The zero-order valence-corrected chi connectivity index (χ0v) is 8.82. The van der Waals surface area contributed by atoms with Crippen LogP contribution in [0.3, 0.4) is 0 Å². The summed E-state index contributed by atoms with van der Waals surface area (Å²) in [6.07, 6.45) is 1.79. The molecular weight excluding hydrogens is 196 g/mol. The Morgan fingerprint density at radius 2 is 2.40 bits per heavy atom. The van der Waals surface area contributed by atoms with Crippen molar-refractivity contribution in [1.29, 1.82) is 0 Å². The Morgan fingerprint density at radius 3 is 2.93 bits per heavy atom. The molecule has 1 aromatic heterocycles. The quantitative estimate of drug-likeness (QED) is 0.597. The molecule has 1 aromatic rings. The molecule has 0 aliphatic heterocycles. The molecule has 0 amide bonds. The average Bonchev–Trinajstić information content (AvgIpc) is 2.63. The molecule has 0 atom stereocenters. The third-order valence-corrected chi connectivity index (χ3v) is 1.84. The molecule has 0 unspecified atom stereocenters. The average molecular weight is 210 g/mol. The second-order valence-electron chi connectivity index (χ2n) is 3.20. The van der Waals surface area contributed by atoms with Crippen LogP contribution in [-0.2, 0) is 0 Å². The van der Waals surface area contributed by atoms with E-state index in [9.17, 15) is 10.1 Å². The highest BCUT2D eigenvalue weighted by Crippen LogP contribution is 2.17. The van der Waals surface area contributed by atoms with Crippen LogP contribution in [0.5, 0.6) is 0 Å². The topological polar surface area (TPSA) is 68.3 Å². The molecule has 15 heavy (non-hydrogen) atoms. The molecular formula is C10H14N2O3. The third-order valence-electron chi connectivity index (χ3n) is 1.84. The minimum absolute atomic E-state index is 0.225. The molecule has 0 bridgehead atoms. The van der Waals surface area contributed by atoms with Gasteiger partial charge in [-0.15, -0.1) is 0 Å². The first-order valence-corrected chi connectivity index (χ1v) is 4.75. The van der Waals surface area contributed by atoms with Crippen LogP contribution in [0.25, 0.3) is 6.08 Å². The third kappa shape index (κ3) is 3.55. The highest BCUT2D eigenvalue weighted by Gasteiger charge is 2.10. The van der Waals surface area contributed by atoms with Crippen molar-refractivity contribution in [2.45, 2.75) is 13.8 Å². The number of nitrogens with one attached hydrogen (secondary N) is 1. The highest BCUT2D eigenvalue weighted by atomic mass is 16.6. The van der Waals surface area contributed by atoms with Crippen LogP contribution in [0.4, 0.5) is 5.88 Å². The summed E-state index contributed by atoms with van der Waals surface area (Å²) in [4.78, 5) is 9.81. The van der Waals surface area contributed by atoms with E-state index >= 15 is 0 Å². The molecule has 0 fully saturated rings. The molecule has 5 heteroatoms. The van der Waals surface area contributed by atoms with Crippen LogP contribution in [0.15, 0.2) is 22.1 Å². The molecule has 1 heterocycles. The van der Waals surface area contributed by atoms with Crippen LogP contribution < -0.4 is 5.32 Å². The molecule has 0 aliphatic carbocycles. The summed E-state index contributed by atoms with van der Waals surface area (Å²) in [5.74, 6) is 0.287. The zero-order valence-electron chi connectivity index (χ0n) is 8.82. The molecule has 0 saturated heterocycles. The van der Waals surface area contributed by atoms with Crippen molar-refractivity contribution in [3.8, 4) is 0 Å². The van der Waals surface area contributed by atoms with Gasteiger partial charge in [0, 0.05) is 6.54 Å². The maximum Gasteiger partial charge on any atom is 0.433 e. The van der Waals surface area contributed by atoms with Crippen LogP contribution in [0.1, 0.15) is 19.6 Å². The van der Waals surface area contributed by atoms with Crippen molar-refractivity contribution in [3.63, 3.8) is 0 Å². The molecule has 1 rings (SSSR count). The van der Waals surface area contributed by atoms with Crippen LogP contribution in [0, 0.1) is 10.1 Å². The molecule has 1 N–H and O–H groups in total. The fraction of sp³-hybridized carbons (Fsp3) is 0.400. The van der Waals surface area contributed by atoms with Gasteiger partial charge in [-0.25, -0.2) is 0 Å². The van der Waals surface area contributed by atoms with Crippen molar-refractivity contribution >= 4 is 12.0 Å². The SMILES string of the molecule is CCNCC(C)=Cc1ccc([N+](=O)[O-])o1. The van der Waals surface area contributed by atoms with Crippen molar-refractivity contribution in [3.05, 3.63) is 33.6 Å². The fourth-order valence-corrected chi connectivity index (χ4v) is 1.13. The summed E-state index contributed by atoms with van der Waals surface area (Å²) in [6.45, 7) is 5.61. The summed E-state index contributed by atoms with van der Waals surface area (Å²) in [7, 11) is 0. The first-order chi connectivity index (χ1) is 7.13. The van der Waals surface area contributed by atoms with E-state index in [4.69, 9.17) is 4.42 Å². The first-order valence-electron chi connectivity index (χ1n) is 4.75. The zero-order chi connectivity index (χ0) is 11.3. The van der Waals surface area contributed by atoms with E-state index in [0.29, 0.717) is 5.76 Å². The predicted molar refractivity (Wildman–Crippen MR) is 57.6 cm³/mol. The van der Waals surface area contributed by atoms with Crippen LogP contribution in [-0.4, -0.2) is 18.0 Å². The van der Waals surface area contributed by atoms with Gasteiger partial charge < -0.3 is 9.73 Å². The summed E-state index contributed by atoms with van der Waals surface area (Å²) in [5.41, 5.74) is 1.07. The van der Waals surface area contributed by atoms with E-state index in [0.717, 1.165) is 18.7 Å². The number of rotatable bonds is 5. The van der Waals surface area contributed by atoms with Crippen molar-refractivity contribution in [2.24, 2.45) is 0 Å². The largest absolute Gasteiger partial charge is 0.433 e. The van der Waals surface area contributed by atoms with E-state index < -0.39 is 4.92 Å². The van der Waals surface area contributed by atoms with Crippen LogP contribution in [0.2, 0.25) is 0 Å². The van der Waals surface area contributed by atoms with Gasteiger partial charge in [-0.2, -0.15) is 0 Å². The van der Waals surface area contributed by atoms with Gasteiger partial charge in [-0.3, -0.25) is 10.1 Å². The lowest BCUT2D eigenvalue weighted by molar-refractivity contribution is -0.402. The standard InChI is InChI=1S/C10H14N2O3/c1-3-11-7-8(2)6-9-4-5-10(15-9)12(13)14/h4-6,11H,3,7H2,1-2H3. The Kier molecular flexibility index (Phi) is 4.05. The minimum Gasteiger partial charge on any atom is -0.401 e. The number of hydrogen-bond acceptors (Lipinski definition) is 4. The van der Waals surface area contributed by atoms with Gasteiger partial charge >= 0.3 is 5.88 Å². The lowest BCUT2D eigenvalue weighted by Gasteiger charge is -1.99. The maximum atomic E-state index is 10.4. The van der Waals surface area contributed by atoms with Crippen molar-refractivity contribution in [2.75, 3.05) is 13.1 Å². The highest BCUT2D eigenvalue weighted by molar-refractivity contribution is 5.48. The van der Waals surface area contributed by atoms with Gasteiger partial charge in [-0.05, 0) is 25.6 Å². The summed E-state index contributed by atoms with van der Waals surface area (Å²) in [6, 6.07) is 2.94. The van der Waals surface area contributed by atoms with E-state index in [1.54, 1.807) is 12.1 Å². The number of likely N-dealkylation sites (N-methyl/N-ethyl adjacent to an activating group) is 1. The number of nitro groups is 1. The molecule has 0 radical (unpaired) electrons. The van der Waals surface area contributed by atoms with Gasteiger partial charge in [0.25, 0.3) is 0 Å². The molecule has 0 aromatic carbocycles. The second-order valence-corrected chi connectivity index (χ2v) is 3.20. The van der Waals surface area contributed by atoms with Gasteiger partial charge in [0.15, 0.2) is 0 Å². The monoisotopic (exact) mass is 210 g/mol. The van der Waals surface area contributed by atoms with E-state index in [2.05, 4.69) is 5.32 Å². The van der Waals surface area contributed by atoms with Crippen molar-refractivity contribution < 1.29 is 9.34 Å². The molecule has 0 saturated carbocycles. The first kappa shape index (κ1) is 11.5. The van der Waals surface area contributed by atoms with Gasteiger partial charge in [-0.1, -0.05) is 12.5 Å². The summed E-state index contributed by atoms with van der Waals surface area (Å²) < 4.78 is 4.99. The van der Waals surface area contributed by atoms with Gasteiger partial charge in [0.1, 0.15) is 10.7 Å². The smallest absolute Gasteiger partial charge is 0.401 e. The number of furan rings is 1. The Labute approximate surface area is 87.9 Å². The summed E-state index contributed by atoms with van der Waals surface area (Å²) in [5, 5.41) is 13.5. The normalized spacial score (nSPS) is 11.7. The number of hydrogen-bond donors (Lipinski definition) is 1. The Bertz CT molecular complexity index is 368. The lowest BCUT2D eigenvalue weighted by Crippen LogP contribution is -2.14. The lowest BCUT2D eigenvalue weighted by atomic mass is 10.2. The summed E-state index contributed by atoms with van der Waals surface area (Å²) >= 11 is 0. The van der Waals surface area contributed by atoms with E-state index in [1.807, 2.05) is 13.8 Å². The van der Waals surface area contributed by atoms with Crippen LogP contribution >= 0.6 is 0 Å². The minimum atomic E-state index is -0.545. The Morgan fingerprint density at radius 1 is 1.67 bits per heavy atom.